The maximum atomic E-state index is 11.0. The minimum Gasteiger partial charge on any atom is -0.480 e. The van der Waals surface area contributed by atoms with Gasteiger partial charge in [0.05, 0.1) is 5.56 Å². The zero-order valence-corrected chi connectivity index (χ0v) is 11.3. The van der Waals surface area contributed by atoms with Crippen LogP contribution in [0.2, 0.25) is 0 Å². The number of amides is 1. The van der Waals surface area contributed by atoms with Crippen molar-refractivity contribution < 1.29 is 14.7 Å². The fourth-order valence-corrected chi connectivity index (χ4v) is 2.39. The highest BCUT2D eigenvalue weighted by molar-refractivity contribution is 7.10. The van der Waals surface area contributed by atoms with Crippen LogP contribution in [0.25, 0.3) is 0 Å². The summed E-state index contributed by atoms with van der Waals surface area (Å²) in [5, 5.41) is 13.7. The fraction of sp³-hybridized carbons (Fsp3) is 0.500. The van der Waals surface area contributed by atoms with Crippen molar-refractivity contribution >= 4 is 23.2 Å². The van der Waals surface area contributed by atoms with Gasteiger partial charge in [-0.25, -0.2) is 0 Å². The number of carbonyl (C=O) groups excluding carboxylic acids is 1. The molecule has 1 unspecified atom stereocenters. The number of hydrogen-bond acceptors (Lipinski definition) is 4. The number of aliphatic carboxylic acids is 1. The van der Waals surface area contributed by atoms with Gasteiger partial charge in [0.25, 0.3) is 0 Å². The molecule has 0 fully saturated rings. The lowest BCUT2D eigenvalue weighted by molar-refractivity contribution is -0.140. The van der Waals surface area contributed by atoms with Crippen LogP contribution in [0.4, 0.5) is 0 Å². The summed E-state index contributed by atoms with van der Waals surface area (Å²) in [4.78, 5) is 22.9. The molecular weight excluding hydrogens is 252 g/mol. The monoisotopic (exact) mass is 270 g/mol. The number of primary amides is 1. The molecule has 6 heteroatoms. The van der Waals surface area contributed by atoms with E-state index in [1.165, 1.54) is 11.3 Å². The van der Waals surface area contributed by atoms with E-state index in [-0.39, 0.29) is 0 Å². The molecule has 18 heavy (non-hydrogen) atoms. The zero-order valence-electron chi connectivity index (χ0n) is 10.5. The molecule has 4 N–H and O–H groups in total. The molecule has 1 aromatic rings. The Morgan fingerprint density at radius 3 is 2.61 bits per heavy atom. The van der Waals surface area contributed by atoms with Crippen LogP contribution in [0, 0.1) is 5.92 Å². The van der Waals surface area contributed by atoms with Crippen LogP contribution in [0.3, 0.4) is 0 Å². The summed E-state index contributed by atoms with van der Waals surface area (Å²) >= 11 is 1.39. The van der Waals surface area contributed by atoms with E-state index in [2.05, 4.69) is 5.32 Å². The maximum absolute atomic E-state index is 11.0. The average Bonchev–Trinajstić information content (AvgIpc) is 2.72. The van der Waals surface area contributed by atoms with Crippen LogP contribution >= 0.6 is 11.3 Å². The third-order valence-corrected chi connectivity index (χ3v) is 3.40. The van der Waals surface area contributed by atoms with Gasteiger partial charge in [0.1, 0.15) is 6.04 Å². The van der Waals surface area contributed by atoms with E-state index in [4.69, 9.17) is 10.8 Å². The summed E-state index contributed by atoms with van der Waals surface area (Å²) in [6.07, 6.45) is 0.573. The van der Waals surface area contributed by atoms with Crippen molar-refractivity contribution in [1.29, 1.82) is 0 Å². The molecule has 1 heterocycles. The van der Waals surface area contributed by atoms with Gasteiger partial charge < -0.3 is 10.8 Å². The summed E-state index contributed by atoms with van der Waals surface area (Å²) in [5.41, 5.74) is 5.62. The second kappa shape index (κ2) is 6.51. The molecular formula is C12H18N2O3S. The standard InChI is InChI=1S/C12H18N2O3S/c1-7(2)3-10(12(16)17)14-5-9-4-8(6-18-9)11(13)15/h4,6-7,10,14H,3,5H2,1-2H3,(H2,13,15)(H,16,17). The van der Waals surface area contributed by atoms with Crippen LogP contribution in [-0.2, 0) is 11.3 Å². The summed E-state index contributed by atoms with van der Waals surface area (Å²) in [5.74, 6) is -1.01. The van der Waals surface area contributed by atoms with Gasteiger partial charge in [-0.2, -0.15) is 0 Å². The van der Waals surface area contributed by atoms with Gasteiger partial charge in [-0.3, -0.25) is 14.9 Å². The van der Waals surface area contributed by atoms with Gasteiger partial charge in [-0.05, 0) is 18.4 Å². The number of nitrogens with one attached hydrogen (secondary N) is 1. The first-order valence-corrected chi connectivity index (χ1v) is 6.61. The van der Waals surface area contributed by atoms with E-state index < -0.39 is 17.9 Å². The van der Waals surface area contributed by atoms with Gasteiger partial charge >= 0.3 is 5.97 Å². The Balaban J connectivity index is 2.55. The Kier molecular flexibility index (Phi) is 5.30. The Morgan fingerprint density at radius 1 is 1.50 bits per heavy atom. The molecule has 0 aromatic carbocycles. The molecule has 0 bridgehead atoms. The minimum atomic E-state index is -0.851. The molecule has 0 saturated carbocycles. The van der Waals surface area contributed by atoms with Crippen molar-refractivity contribution in [1.82, 2.24) is 5.32 Å². The Morgan fingerprint density at radius 2 is 2.17 bits per heavy atom. The quantitative estimate of drug-likeness (QED) is 0.699. The van der Waals surface area contributed by atoms with Crippen LogP contribution < -0.4 is 11.1 Å². The molecule has 1 atom stereocenters. The minimum absolute atomic E-state index is 0.308. The lowest BCUT2D eigenvalue weighted by Crippen LogP contribution is -2.37. The highest BCUT2D eigenvalue weighted by Crippen LogP contribution is 2.15. The van der Waals surface area contributed by atoms with Crippen LogP contribution in [-0.4, -0.2) is 23.0 Å². The molecule has 0 aliphatic carbocycles. The molecule has 100 valence electrons. The smallest absolute Gasteiger partial charge is 0.320 e. The molecule has 1 rings (SSSR count). The lowest BCUT2D eigenvalue weighted by Gasteiger charge is -2.15. The molecule has 0 saturated heterocycles. The molecule has 0 radical (unpaired) electrons. The van der Waals surface area contributed by atoms with Gasteiger partial charge in [0.2, 0.25) is 5.91 Å². The van der Waals surface area contributed by atoms with Gasteiger partial charge in [-0.1, -0.05) is 13.8 Å². The highest BCUT2D eigenvalue weighted by Gasteiger charge is 2.18. The van der Waals surface area contributed by atoms with Crippen molar-refractivity contribution in [2.45, 2.75) is 32.9 Å². The van der Waals surface area contributed by atoms with Gasteiger partial charge in [-0.15, -0.1) is 11.3 Å². The number of carboxylic acids is 1. The summed E-state index contributed by atoms with van der Waals surface area (Å²) < 4.78 is 0. The average molecular weight is 270 g/mol. The molecule has 0 spiro atoms. The van der Waals surface area contributed by atoms with E-state index in [1.54, 1.807) is 11.4 Å². The zero-order chi connectivity index (χ0) is 13.7. The SMILES string of the molecule is CC(C)CC(NCc1cc(C(N)=O)cs1)C(=O)O. The topological polar surface area (TPSA) is 92.4 Å². The maximum Gasteiger partial charge on any atom is 0.320 e. The van der Waals surface area contributed by atoms with E-state index in [0.717, 1.165) is 4.88 Å². The van der Waals surface area contributed by atoms with Crippen molar-refractivity contribution in [2.75, 3.05) is 0 Å². The number of thiophene rings is 1. The Labute approximate surface area is 110 Å². The summed E-state index contributed by atoms with van der Waals surface area (Å²) in [6.45, 7) is 4.39. The predicted octanol–water partition coefficient (Wildman–Crippen LogP) is 1.44. The van der Waals surface area contributed by atoms with E-state index in [9.17, 15) is 9.59 Å². The Bertz CT molecular complexity index is 429. The lowest BCUT2D eigenvalue weighted by atomic mass is 10.0. The largest absolute Gasteiger partial charge is 0.480 e. The number of carboxylic acid groups (broad SMARTS) is 1. The third-order valence-electron chi connectivity index (χ3n) is 2.47. The third kappa shape index (κ3) is 4.46. The Hall–Kier alpha value is -1.40. The molecule has 0 aliphatic rings. The summed E-state index contributed by atoms with van der Waals surface area (Å²) in [7, 11) is 0. The van der Waals surface area contributed by atoms with Crippen molar-refractivity contribution in [3.63, 3.8) is 0 Å². The fourth-order valence-electron chi connectivity index (χ4n) is 1.57. The molecule has 0 aliphatic heterocycles. The van der Waals surface area contributed by atoms with Crippen molar-refractivity contribution in [3.05, 3.63) is 21.9 Å². The van der Waals surface area contributed by atoms with Crippen molar-refractivity contribution in [3.8, 4) is 0 Å². The first-order valence-electron chi connectivity index (χ1n) is 5.73. The van der Waals surface area contributed by atoms with Crippen LogP contribution in [0.1, 0.15) is 35.5 Å². The molecule has 1 amide bonds. The van der Waals surface area contributed by atoms with Crippen LogP contribution in [0.15, 0.2) is 11.4 Å². The predicted molar refractivity (Wildman–Crippen MR) is 70.6 cm³/mol. The van der Waals surface area contributed by atoms with E-state index in [0.29, 0.717) is 24.4 Å². The molecule has 1 aromatic heterocycles. The van der Waals surface area contributed by atoms with Gasteiger partial charge in [0, 0.05) is 16.8 Å². The second-order valence-corrected chi connectivity index (χ2v) is 5.56. The van der Waals surface area contributed by atoms with E-state index >= 15 is 0 Å². The molecule has 5 nitrogen and oxygen atoms in total. The number of nitrogens with two attached hydrogens (primary N) is 1. The van der Waals surface area contributed by atoms with Gasteiger partial charge in [0.15, 0.2) is 0 Å². The number of rotatable bonds is 7. The second-order valence-electron chi connectivity index (χ2n) is 4.57. The van der Waals surface area contributed by atoms with Crippen molar-refractivity contribution in [2.24, 2.45) is 11.7 Å². The number of hydrogen-bond donors (Lipinski definition) is 3. The number of carbonyl (C=O) groups is 2. The first-order chi connectivity index (χ1) is 8.40. The van der Waals surface area contributed by atoms with Crippen LogP contribution in [0.5, 0.6) is 0 Å². The highest BCUT2D eigenvalue weighted by atomic mass is 32.1. The normalized spacial score (nSPS) is 12.6. The first kappa shape index (κ1) is 14.7. The summed E-state index contributed by atoms with van der Waals surface area (Å²) in [6, 6.07) is 1.12. The van der Waals surface area contributed by atoms with E-state index in [1.807, 2.05) is 13.8 Å².